The van der Waals surface area contributed by atoms with Crippen LogP contribution in [0.3, 0.4) is 0 Å². The Morgan fingerprint density at radius 3 is 1.27 bits per heavy atom. The van der Waals surface area contributed by atoms with Gasteiger partial charge in [0, 0.05) is 39.4 Å². The van der Waals surface area contributed by atoms with Crippen LogP contribution in [0.2, 0.25) is 0 Å². The third-order valence-electron chi connectivity index (χ3n) is 3.90. The molecule has 22 heavy (non-hydrogen) atoms. The summed E-state index contributed by atoms with van der Waals surface area (Å²) in [4.78, 5) is 0. The predicted molar refractivity (Wildman–Crippen MR) is 104 cm³/mol. The van der Waals surface area contributed by atoms with Crippen molar-refractivity contribution in [1.29, 1.82) is 0 Å². The van der Waals surface area contributed by atoms with Crippen LogP contribution in [-0.2, 0) is 0 Å². The van der Waals surface area contributed by atoms with Crippen LogP contribution in [0.4, 0.5) is 0 Å². The average molecular weight is 550 g/mol. The predicted octanol–water partition coefficient (Wildman–Crippen LogP) is 7.05. The van der Waals surface area contributed by atoms with Crippen molar-refractivity contribution in [3.05, 3.63) is 42.2 Å². The lowest BCUT2D eigenvalue weighted by molar-refractivity contribution is 0.412. The minimum absolute atomic E-state index is 0.118. The van der Waals surface area contributed by atoms with E-state index >= 15 is 0 Å². The van der Waals surface area contributed by atoms with E-state index in [0.29, 0.717) is 10.8 Å². The van der Waals surface area contributed by atoms with Crippen molar-refractivity contribution in [3.63, 3.8) is 0 Å². The lowest BCUT2D eigenvalue weighted by Gasteiger charge is -2.17. The summed E-state index contributed by atoms with van der Waals surface area (Å²) in [6, 6.07) is 7.78. The summed E-state index contributed by atoms with van der Waals surface area (Å²) in [6.07, 6.45) is 0. The molecule has 0 saturated carbocycles. The lowest BCUT2D eigenvalue weighted by atomic mass is 9.93. The van der Waals surface area contributed by atoms with Crippen LogP contribution in [-0.4, -0.2) is 10.2 Å². The number of halogens is 4. The van der Waals surface area contributed by atoms with Gasteiger partial charge in [-0.15, -0.1) is 0 Å². The number of phenolic OH excluding ortho intramolecular Hbond substituents is 2. The molecule has 0 aliphatic heterocycles. The topological polar surface area (TPSA) is 40.5 Å². The molecule has 0 aliphatic carbocycles. The molecule has 4 rings (SSSR count). The summed E-state index contributed by atoms with van der Waals surface area (Å²) in [7, 11) is 0. The van der Waals surface area contributed by atoms with E-state index in [1.54, 1.807) is 0 Å². The van der Waals surface area contributed by atoms with Crippen LogP contribution in [0, 0.1) is 0 Å². The second-order valence-electron chi connectivity index (χ2n) is 5.04. The highest BCUT2D eigenvalue weighted by molar-refractivity contribution is 9.11. The van der Waals surface area contributed by atoms with E-state index in [1.807, 2.05) is 24.3 Å². The SMILES string of the molecule is Oc1c(O)c2c(Br)cc(Br)c3ccc4c(Br)cc(Br)c1c4c32. The number of aromatic hydroxyl groups is 2. The van der Waals surface area contributed by atoms with E-state index in [0.717, 1.165) is 39.4 Å². The minimum Gasteiger partial charge on any atom is -0.504 e. The van der Waals surface area contributed by atoms with Gasteiger partial charge in [-0.05, 0) is 54.8 Å². The first-order chi connectivity index (χ1) is 10.4. The molecule has 0 heterocycles. The van der Waals surface area contributed by atoms with Crippen LogP contribution < -0.4 is 0 Å². The van der Waals surface area contributed by atoms with E-state index in [2.05, 4.69) is 63.7 Å². The van der Waals surface area contributed by atoms with Gasteiger partial charge in [0.2, 0.25) is 0 Å². The van der Waals surface area contributed by atoms with Crippen molar-refractivity contribution in [3.8, 4) is 11.5 Å². The smallest absolute Gasteiger partial charge is 0.167 e. The van der Waals surface area contributed by atoms with E-state index < -0.39 is 0 Å². The number of phenols is 2. The van der Waals surface area contributed by atoms with Gasteiger partial charge in [-0.1, -0.05) is 44.0 Å². The van der Waals surface area contributed by atoms with Crippen LogP contribution in [0.25, 0.3) is 32.3 Å². The highest BCUT2D eigenvalue weighted by atomic mass is 79.9. The van der Waals surface area contributed by atoms with Crippen LogP contribution >= 0.6 is 63.7 Å². The first-order valence-corrected chi connectivity index (χ1v) is 9.44. The van der Waals surface area contributed by atoms with Gasteiger partial charge in [-0.2, -0.15) is 0 Å². The van der Waals surface area contributed by atoms with Gasteiger partial charge in [0.25, 0.3) is 0 Å². The van der Waals surface area contributed by atoms with Crippen molar-refractivity contribution < 1.29 is 10.2 Å². The molecule has 2 nitrogen and oxygen atoms in total. The van der Waals surface area contributed by atoms with E-state index in [4.69, 9.17) is 0 Å². The number of benzene rings is 4. The fourth-order valence-electron chi connectivity index (χ4n) is 2.98. The van der Waals surface area contributed by atoms with Crippen molar-refractivity contribution >= 4 is 96.0 Å². The molecular weight excluding hydrogens is 544 g/mol. The van der Waals surface area contributed by atoms with Crippen molar-refractivity contribution in [1.82, 2.24) is 0 Å². The Labute approximate surface area is 159 Å². The molecule has 0 unspecified atom stereocenters. The first kappa shape index (κ1) is 15.0. The second-order valence-corrected chi connectivity index (χ2v) is 8.46. The molecule has 0 atom stereocenters. The Morgan fingerprint density at radius 2 is 0.909 bits per heavy atom. The van der Waals surface area contributed by atoms with Gasteiger partial charge in [0.15, 0.2) is 11.5 Å². The molecule has 0 fully saturated rings. The first-order valence-electron chi connectivity index (χ1n) is 6.27. The van der Waals surface area contributed by atoms with E-state index in [1.165, 1.54) is 0 Å². The molecule has 4 aromatic carbocycles. The maximum Gasteiger partial charge on any atom is 0.167 e. The second kappa shape index (κ2) is 4.97. The molecule has 0 bridgehead atoms. The van der Waals surface area contributed by atoms with Crippen molar-refractivity contribution in [2.45, 2.75) is 0 Å². The highest BCUT2D eigenvalue weighted by Gasteiger charge is 2.22. The summed E-state index contributed by atoms with van der Waals surface area (Å²) in [6.45, 7) is 0. The Bertz CT molecular complexity index is 1000. The molecule has 2 N–H and O–H groups in total. The quantitative estimate of drug-likeness (QED) is 0.182. The standard InChI is InChI=1S/C16H6Br4O2/c17-7-3-9(19)13-11-5(7)1-2-6-8(18)4-10(20)14(12(6)11)16(22)15(13)21/h1-4,21-22H. The molecule has 110 valence electrons. The maximum absolute atomic E-state index is 10.5. The zero-order valence-electron chi connectivity index (χ0n) is 10.7. The summed E-state index contributed by atoms with van der Waals surface area (Å²) in [5, 5.41) is 26.0. The Kier molecular flexibility index (Phi) is 3.39. The normalized spacial score (nSPS) is 12.0. The molecule has 4 aromatic rings. The van der Waals surface area contributed by atoms with Crippen molar-refractivity contribution in [2.24, 2.45) is 0 Å². The lowest BCUT2D eigenvalue weighted by Crippen LogP contribution is -1.89. The molecule has 0 radical (unpaired) electrons. The fourth-order valence-corrected chi connectivity index (χ4v) is 5.94. The molecule has 0 saturated heterocycles. The van der Waals surface area contributed by atoms with Crippen LogP contribution in [0.5, 0.6) is 11.5 Å². The number of rotatable bonds is 0. The zero-order chi connectivity index (χ0) is 15.8. The van der Waals surface area contributed by atoms with Gasteiger partial charge in [-0.3, -0.25) is 0 Å². The van der Waals surface area contributed by atoms with E-state index in [-0.39, 0.29) is 11.5 Å². The Balaban J connectivity index is 2.54. The molecule has 0 aliphatic rings. The number of hydrogen-bond acceptors (Lipinski definition) is 2. The average Bonchev–Trinajstić information content (AvgIpc) is 2.45. The van der Waals surface area contributed by atoms with Gasteiger partial charge < -0.3 is 10.2 Å². The van der Waals surface area contributed by atoms with E-state index in [9.17, 15) is 10.2 Å². The summed E-state index contributed by atoms with van der Waals surface area (Å²) >= 11 is 14.1. The Hall–Kier alpha value is -0.560. The molecular formula is C16H6Br4O2. The van der Waals surface area contributed by atoms with Gasteiger partial charge >= 0.3 is 0 Å². The molecule has 0 spiro atoms. The van der Waals surface area contributed by atoms with Crippen molar-refractivity contribution in [2.75, 3.05) is 0 Å². The maximum atomic E-state index is 10.5. The minimum atomic E-state index is -0.118. The monoisotopic (exact) mass is 546 g/mol. The summed E-state index contributed by atoms with van der Waals surface area (Å²) in [5.74, 6) is -0.236. The van der Waals surface area contributed by atoms with Crippen LogP contribution in [0.15, 0.2) is 42.2 Å². The molecule has 6 heteroatoms. The third kappa shape index (κ3) is 1.81. The van der Waals surface area contributed by atoms with Gasteiger partial charge in [0.1, 0.15) is 0 Å². The van der Waals surface area contributed by atoms with Gasteiger partial charge in [-0.25, -0.2) is 0 Å². The highest BCUT2D eigenvalue weighted by Crippen LogP contribution is 2.52. The Morgan fingerprint density at radius 1 is 0.545 bits per heavy atom. The fraction of sp³-hybridized carbons (Fsp3) is 0. The largest absolute Gasteiger partial charge is 0.504 e. The van der Waals surface area contributed by atoms with Gasteiger partial charge in [0.05, 0.1) is 0 Å². The van der Waals surface area contributed by atoms with Crippen LogP contribution in [0.1, 0.15) is 0 Å². The number of hydrogen-bond donors (Lipinski definition) is 2. The summed E-state index contributed by atoms with van der Waals surface area (Å²) in [5.41, 5.74) is 0. The summed E-state index contributed by atoms with van der Waals surface area (Å²) < 4.78 is 3.31. The zero-order valence-corrected chi connectivity index (χ0v) is 17.1. The molecule has 0 aromatic heterocycles. The third-order valence-corrected chi connectivity index (χ3v) is 6.47. The molecule has 0 amide bonds.